The highest BCUT2D eigenvalue weighted by molar-refractivity contribution is 9.10. The van der Waals surface area contributed by atoms with E-state index in [-0.39, 0.29) is 22.4 Å². The van der Waals surface area contributed by atoms with Crippen LogP contribution in [-0.2, 0) is 0 Å². The van der Waals surface area contributed by atoms with E-state index in [4.69, 9.17) is 0 Å². The molecule has 0 saturated heterocycles. The molecule has 5 nitrogen and oxygen atoms in total. The summed E-state index contributed by atoms with van der Waals surface area (Å²) in [5.74, 6) is -0.473. The second kappa shape index (κ2) is 8.22. The molecule has 1 aromatic heterocycles. The molecule has 2 atom stereocenters. The summed E-state index contributed by atoms with van der Waals surface area (Å²) < 4.78 is 43.0. The minimum absolute atomic E-state index is 0.117. The molecule has 1 amide bonds. The molecule has 0 radical (unpaired) electrons. The fourth-order valence-electron chi connectivity index (χ4n) is 4.15. The van der Waals surface area contributed by atoms with Crippen LogP contribution in [0.3, 0.4) is 0 Å². The maximum absolute atomic E-state index is 14.0. The van der Waals surface area contributed by atoms with Gasteiger partial charge in [-0.3, -0.25) is 4.79 Å². The first-order valence-corrected chi connectivity index (χ1v) is 11.1. The Kier molecular flexibility index (Phi) is 5.36. The van der Waals surface area contributed by atoms with Crippen LogP contribution in [0.4, 0.5) is 24.7 Å². The lowest BCUT2D eigenvalue weighted by atomic mass is 9.97. The summed E-state index contributed by atoms with van der Waals surface area (Å²) in [5, 5.41) is 11.8. The maximum Gasteiger partial charge on any atom is 0.410 e. The van der Waals surface area contributed by atoms with Crippen molar-refractivity contribution in [1.29, 1.82) is 0 Å². The van der Waals surface area contributed by atoms with Crippen molar-refractivity contribution in [2.75, 3.05) is 10.6 Å². The van der Waals surface area contributed by atoms with Gasteiger partial charge in [0.05, 0.1) is 10.5 Å². The molecule has 168 valence electrons. The Balaban J connectivity index is 1.52. The van der Waals surface area contributed by atoms with E-state index in [1.165, 1.54) is 0 Å². The molecule has 2 N–H and O–H groups in total. The van der Waals surface area contributed by atoms with Crippen LogP contribution in [0.25, 0.3) is 10.8 Å². The van der Waals surface area contributed by atoms with Crippen molar-refractivity contribution in [1.82, 2.24) is 9.78 Å². The van der Waals surface area contributed by atoms with Crippen LogP contribution in [0.15, 0.2) is 77.3 Å². The number of rotatable bonds is 3. The highest BCUT2D eigenvalue weighted by Gasteiger charge is 2.47. The lowest BCUT2D eigenvalue weighted by molar-refractivity contribution is -0.173. The Hall–Kier alpha value is -3.33. The molecular weight excluding hydrogens is 497 g/mol. The van der Waals surface area contributed by atoms with Gasteiger partial charge in [0.25, 0.3) is 5.91 Å². The van der Waals surface area contributed by atoms with Crippen molar-refractivity contribution in [3.8, 4) is 0 Å². The molecule has 3 aromatic carbocycles. The number of nitrogens with one attached hydrogen (secondary N) is 2. The smallest absolute Gasteiger partial charge is 0.362 e. The largest absolute Gasteiger partial charge is 0.410 e. The lowest BCUT2D eigenvalue weighted by Gasteiger charge is -2.33. The standard InChI is InChI=1S/C24H18BrF3N4O/c25-20-21(23(33)30-17-12-6-10-14-7-4-5-11-16(14)17)31-32-19(24(26,27)28)13-18(29-22(20)32)15-8-2-1-3-9-15/h1-12,18-19,29H,13H2,(H,30,33)/t18-,19-/m1/s1. The van der Waals surface area contributed by atoms with Gasteiger partial charge >= 0.3 is 6.18 Å². The number of nitrogens with zero attached hydrogens (tertiary/aromatic N) is 2. The number of hydrogen-bond donors (Lipinski definition) is 2. The molecule has 0 fully saturated rings. The van der Waals surface area contributed by atoms with Crippen LogP contribution >= 0.6 is 15.9 Å². The second-order valence-corrected chi connectivity index (χ2v) is 8.63. The van der Waals surface area contributed by atoms with E-state index in [2.05, 4.69) is 31.7 Å². The van der Waals surface area contributed by atoms with Crippen molar-refractivity contribution in [3.63, 3.8) is 0 Å². The summed E-state index contributed by atoms with van der Waals surface area (Å²) in [6.07, 6.45) is -4.77. The van der Waals surface area contributed by atoms with Crippen LogP contribution in [0.1, 0.15) is 34.6 Å². The van der Waals surface area contributed by atoms with E-state index in [0.29, 0.717) is 5.69 Å². The topological polar surface area (TPSA) is 59.0 Å². The van der Waals surface area contributed by atoms with Crippen LogP contribution in [0, 0.1) is 0 Å². The number of benzene rings is 3. The SMILES string of the molecule is O=C(Nc1cccc2ccccc12)c1nn2c(c1Br)N[C@@H](c1ccccc1)C[C@@H]2C(F)(F)F. The van der Waals surface area contributed by atoms with E-state index < -0.39 is 24.2 Å². The Morgan fingerprint density at radius 1 is 1.03 bits per heavy atom. The third-order valence-electron chi connectivity index (χ3n) is 5.75. The molecule has 0 unspecified atom stereocenters. The molecule has 0 saturated carbocycles. The van der Waals surface area contributed by atoms with Crippen LogP contribution < -0.4 is 10.6 Å². The predicted molar refractivity (Wildman–Crippen MR) is 124 cm³/mol. The summed E-state index contributed by atoms with van der Waals surface area (Å²) in [6, 6.07) is 19.5. The number of carbonyl (C=O) groups is 1. The predicted octanol–water partition coefficient (Wildman–Crippen LogP) is 6.71. The maximum atomic E-state index is 14.0. The average molecular weight is 515 g/mol. The minimum Gasteiger partial charge on any atom is -0.362 e. The number of aromatic nitrogens is 2. The minimum atomic E-state index is -4.53. The molecular formula is C24H18BrF3N4O. The van der Waals surface area contributed by atoms with Gasteiger partial charge in [-0.25, -0.2) is 4.68 Å². The third-order valence-corrected chi connectivity index (χ3v) is 6.50. The van der Waals surface area contributed by atoms with Crippen molar-refractivity contribution >= 4 is 44.1 Å². The zero-order valence-electron chi connectivity index (χ0n) is 17.1. The zero-order chi connectivity index (χ0) is 23.2. The fourth-order valence-corrected chi connectivity index (χ4v) is 4.71. The molecule has 4 aromatic rings. The zero-order valence-corrected chi connectivity index (χ0v) is 18.7. The van der Waals surface area contributed by atoms with Crippen molar-refractivity contribution < 1.29 is 18.0 Å². The summed E-state index contributed by atoms with van der Waals surface area (Å²) in [5.41, 5.74) is 1.17. The molecule has 0 aliphatic carbocycles. The van der Waals surface area contributed by atoms with Gasteiger partial charge in [-0.05, 0) is 32.9 Å². The van der Waals surface area contributed by atoms with Gasteiger partial charge in [0, 0.05) is 17.5 Å². The fraction of sp³-hybridized carbons (Fsp3) is 0.167. The molecule has 0 spiro atoms. The van der Waals surface area contributed by atoms with Gasteiger partial charge in [0.15, 0.2) is 11.7 Å². The average Bonchev–Trinajstić information content (AvgIpc) is 3.15. The Bertz CT molecular complexity index is 1330. The summed E-state index contributed by atoms with van der Waals surface area (Å²) in [7, 11) is 0. The van der Waals surface area contributed by atoms with Gasteiger partial charge in [0.2, 0.25) is 0 Å². The number of anilines is 2. The molecule has 2 heterocycles. The van der Waals surface area contributed by atoms with Gasteiger partial charge in [0.1, 0.15) is 5.82 Å². The monoisotopic (exact) mass is 514 g/mol. The van der Waals surface area contributed by atoms with Crippen LogP contribution in [0.2, 0.25) is 0 Å². The summed E-state index contributed by atoms with van der Waals surface area (Å²) >= 11 is 3.32. The first-order valence-electron chi connectivity index (χ1n) is 10.3. The molecule has 0 bridgehead atoms. The van der Waals surface area contributed by atoms with Crippen molar-refractivity contribution in [2.45, 2.75) is 24.7 Å². The summed E-state index contributed by atoms with van der Waals surface area (Å²) in [6.45, 7) is 0. The Morgan fingerprint density at radius 3 is 2.48 bits per heavy atom. The summed E-state index contributed by atoms with van der Waals surface area (Å²) in [4.78, 5) is 13.1. The Labute approximate surface area is 195 Å². The molecule has 1 aliphatic rings. The molecule has 33 heavy (non-hydrogen) atoms. The third kappa shape index (κ3) is 3.97. The second-order valence-electron chi connectivity index (χ2n) is 7.84. The number of amides is 1. The van der Waals surface area contributed by atoms with Crippen LogP contribution in [-0.4, -0.2) is 21.9 Å². The molecule has 5 rings (SSSR count). The van der Waals surface area contributed by atoms with E-state index >= 15 is 0 Å². The highest BCUT2D eigenvalue weighted by atomic mass is 79.9. The normalized spacial score (nSPS) is 17.9. The van der Waals surface area contributed by atoms with E-state index in [0.717, 1.165) is 21.0 Å². The van der Waals surface area contributed by atoms with Gasteiger partial charge < -0.3 is 10.6 Å². The number of halogens is 4. The molecule has 1 aliphatic heterocycles. The highest BCUT2D eigenvalue weighted by Crippen LogP contribution is 2.46. The number of hydrogen-bond acceptors (Lipinski definition) is 3. The number of carbonyl (C=O) groups excluding carboxylic acids is 1. The van der Waals surface area contributed by atoms with Gasteiger partial charge in [-0.2, -0.15) is 18.3 Å². The Morgan fingerprint density at radius 2 is 1.73 bits per heavy atom. The quantitative estimate of drug-likeness (QED) is 0.319. The van der Waals surface area contributed by atoms with Crippen molar-refractivity contribution in [2.24, 2.45) is 0 Å². The van der Waals surface area contributed by atoms with Crippen molar-refractivity contribution in [3.05, 3.63) is 88.5 Å². The number of fused-ring (bicyclic) bond motifs is 2. The van der Waals surface area contributed by atoms with E-state index in [1.807, 2.05) is 36.4 Å². The van der Waals surface area contributed by atoms with Crippen LogP contribution in [0.5, 0.6) is 0 Å². The van der Waals surface area contributed by atoms with E-state index in [9.17, 15) is 18.0 Å². The lowest BCUT2D eigenvalue weighted by Crippen LogP contribution is -2.35. The van der Waals surface area contributed by atoms with Gasteiger partial charge in [-0.1, -0.05) is 66.7 Å². The number of alkyl halides is 3. The van der Waals surface area contributed by atoms with E-state index in [1.54, 1.807) is 36.4 Å². The van der Waals surface area contributed by atoms with Gasteiger partial charge in [-0.15, -0.1) is 0 Å². The molecule has 9 heteroatoms. The first-order chi connectivity index (χ1) is 15.8. The first kappa shape index (κ1) is 21.5.